The fourth-order valence-corrected chi connectivity index (χ4v) is 2.83. The highest BCUT2D eigenvalue weighted by Gasteiger charge is 2.18. The van der Waals surface area contributed by atoms with Crippen LogP contribution in [0.4, 0.5) is 5.82 Å². The number of carbonyl (C=O) groups is 1. The lowest BCUT2D eigenvalue weighted by atomic mass is 9.90. The van der Waals surface area contributed by atoms with Crippen LogP contribution in [0, 0.1) is 16.0 Å². The number of nitrogens with zero attached hydrogens (tertiary/aromatic N) is 3. The number of carbonyl (C=O) groups excluding carboxylic acids is 1. The highest BCUT2D eigenvalue weighted by molar-refractivity contribution is 5.73. The number of hydrogen-bond acceptors (Lipinski definition) is 4. The van der Waals surface area contributed by atoms with Crippen LogP contribution in [0.3, 0.4) is 0 Å². The monoisotopic (exact) mass is 291 g/mol. The molecule has 1 aromatic rings. The zero-order valence-corrected chi connectivity index (χ0v) is 12.3. The molecule has 0 aromatic carbocycles. The van der Waals surface area contributed by atoms with Crippen molar-refractivity contribution in [3.05, 3.63) is 34.0 Å². The van der Waals surface area contributed by atoms with E-state index in [1.807, 2.05) is 4.90 Å². The van der Waals surface area contributed by atoms with E-state index in [1.54, 1.807) is 19.2 Å². The lowest BCUT2D eigenvalue weighted by Crippen LogP contribution is -2.33. The largest absolute Gasteiger partial charge is 0.363 e. The standard InChI is InChI=1S/C15H21N3O3/c1-12(19)17-8-3-2-4-13(7-9-17)10-14-5-6-15(16-11-14)18(20)21/h5-6,11,13H,2-4,7-10H2,1H3. The number of nitro groups is 1. The zero-order chi connectivity index (χ0) is 15.2. The van der Waals surface area contributed by atoms with Crippen LogP contribution in [-0.4, -0.2) is 33.8 Å². The Morgan fingerprint density at radius 3 is 2.81 bits per heavy atom. The Hall–Kier alpha value is -1.98. The summed E-state index contributed by atoms with van der Waals surface area (Å²) in [5.41, 5.74) is 1.03. The molecular weight excluding hydrogens is 270 g/mol. The minimum atomic E-state index is -0.482. The SMILES string of the molecule is CC(=O)N1CCCCC(Cc2ccc([N+](=O)[O-])nc2)CC1. The number of likely N-dealkylation sites (tertiary alicyclic amines) is 1. The Labute approximate surface area is 124 Å². The van der Waals surface area contributed by atoms with E-state index in [9.17, 15) is 14.9 Å². The third kappa shape index (κ3) is 4.51. The third-order valence-corrected chi connectivity index (χ3v) is 4.06. The number of rotatable bonds is 3. The molecule has 114 valence electrons. The van der Waals surface area contributed by atoms with Crippen molar-refractivity contribution in [2.45, 2.75) is 39.0 Å². The van der Waals surface area contributed by atoms with Gasteiger partial charge in [-0.1, -0.05) is 6.42 Å². The maximum atomic E-state index is 11.5. The van der Waals surface area contributed by atoms with Crippen LogP contribution in [0.2, 0.25) is 0 Å². The number of pyridine rings is 1. The molecule has 1 aliphatic heterocycles. The van der Waals surface area contributed by atoms with Gasteiger partial charge in [-0.3, -0.25) is 4.79 Å². The molecule has 2 rings (SSSR count). The van der Waals surface area contributed by atoms with Crippen LogP contribution in [0.25, 0.3) is 0 Å². The zero-order valence-electron chi connectivity index (χ0n) is 12.3. The van der Waals surface area contributed by atoms with Gasteiger partial charge in [0.2, 0.25) is 5.91 Å². The minimum Gasteiger partial charge on any atom is -0.358 e. The second-order valence-corrected chi connectivity index (χ2v) is 5.64. The summed E-state index contributed by atoms with van der Waals surface area (Å²) in [7, 11) is 0. The average Bonchev–Trinajstić information content (AvgIpc) is 2.42. The van der Waals surface area contributed by atoms with Gasteiger partial charge in [0.1, 0.15) is 6.20 Å². The van der Waals surface area contributed by atoms with E-state index >= 15 is 0 Å². The molecule has 21 heavy (non-hydrogen) atoms. The lowest BCUT2D eigenvalue weighted by molar-refractivity contribution is -0.389. The third-order valence-electron chi connectivity index (χ3n) is 4.06. The molecule has 0 N–H and O–H groups in total. The summed E-state index contributed by atoms with van der Waals surface area (Å²) in [6, 6.07) is 3.24. The van der Waals surface area contributed by atoms with Crippen molar-refractivity contribution in [1.82, 2.24) is 9.88 Å². The normalized spacial score (nSPS) is 19.7. The molecule has 0 aliphatic carbocycles. The van der Waals surface area contributed by atoms with E-state index in [1.165, 1.54) is 6.07 Å². The molecule has 6 heteroatoms. The highest BCUT2D eigenvalue weighted by atomic mass is 16.6. The molecule has 1 fully saturated rings. The lowest BCUT2D eigenvalue weighted by Gasteiger charge is -2.27. The van der Waals surface area contributed by atoms with Gasteiger partial charge in [-0.05, 0) is 53.1 Å². The van der Waals surface area contributed by atoms with Crippen molar-refractivity contribution in [2.24, 2.45) is 5.92 Å². The van der Waals surface area contributed by atoms with Crippen molar-refractivity contribution in [3.8, 4) is 0 Å². The molecule has 0 spiro atoms. The van der Waals surface area contributed by atoms with Crippen LogP contribution in [-0.2, 0) is 11.2 Å². The Bertz CT molecular complexity index is 501. The maximum Gasteiger partial charge on any atom is 0.363 e. The van der Waals surface area contributed by atoms with E-state index in [4.69, 9.17) is 0 Å². The molecule has 6 nitrogen and oxygen atoms in total. The van der Waals surface area contributed by atoms with E-state index in [2.05, 4.69) is 4.98 Å². The van der Waals surface area contributed by atoms with Gasteiger partial charge in [-0.25, -0.2) is 0 Å². The summed E-state index contributed by atoms with van der Waals surface area (Å²) in [5, 5.41) is 10.6. The van der Waals surface area contributed by atoms with Crippen LogP contribution in [0.5, 0.6) is 0 Å². The molecule has 1 saturated heterocycles. The van der Waals surface area contributed by atoms with Gasteiger partial charge in [-0.15, -0.1) is 0 Å². The number of hydrogen-bond donors (Lipinski definition) is 0. The number of aromatic nitrogens is 1. The number of amides is 1. The van der Waals surface area contributed by atoms with Gasteiger partial charge in [0, 0.05) is 26.1 Å². The molecule has 1 aliphatic rings. The molecule has 0 bridgehead atoms. The van der Waals surface area contributed by atoms with Gasteiger partial charge in [0.05, 0.1) is 0 Å². The molecule has 1 atom stereocenters. The fraction of sp³-hybridized carbons (Fsp3) is 0.600. The van der Waals surface area contributed by atoms with Crippen molar-refractivity contribution < 1.29 is 9.72 Å². The van der Waals surface area contributed by atoms with Gasteiger partial charge in [0.25, 0.3) is 0 Å². The van der Waals surface area contributed by atoms with Crippen LogP contribution >= 0.6 is 0 Å². The van der Waals surface area contributed by atoms with Crippen LogP contribution < -0.4 is 0 Å². The van der Waals surface area contributed by atoms with Crippen LogP contribution in [0.1, 0.15) is 38.2 Å². The molecule has 0 radical (unpaired) electrons. The molecule has 1 aromatic heterocycles. The topological polar surface area (TPSA) is 76.3 Å². The molecule has 1 amide bonds. The van der Waals surface area contributed by atoms with Gasteiger partial charge in [-0.2, -0.15) is 0 Å². The van der Waals surface area contributed by atoms with Crippen molar-refractivity contribution in [3.63, 3.8) is 0 Å². The smallest absolute Gasteiger partial charge is 0.358 e. The second kappa shape index (κ2) is 7.15. The predicted molar refractivity (Wildman–Crippen MR) is 78.8 cm³/mol. The summed E-state index contributed by atoms with van der Waals surface area (Å²) in [6.45, 7) is 3.29. The van der Waals surface area contributed by atoms with E-state index in [0.717, 1.165) is 50.8 Å². The summed E-state index contributed by atoms with van der Waals surface area (Å²) >= 11 is 0. The molecule has 2 heterocycles. The molecule has 0 saturated carbocycles. The first kappa shape index (κ1) is 15.4. The van der Waals surface area contributed by atoms with Crippen molar-refractivity contribution in [2.75, 3.05) is 13.1 Å². The Balaban J connectivity index is 1.94. The Morgan fingerprint density at radius 2 is 2.19 bits per heavy atom. The quantitative estimate of drug-likeness (QED) is 0.633. The summed E-state index contributed by atoms with van der Waals surface area (Å²) < 4.78 is 0. The summed E-state index contributed by atoms with van der Waals surface area (Å²) in [5.74, 6) is 0.544. The van der Waals surface area contributed by atoms with Gasteiger partial charge in [0.15, 0.2) is 0 Å². The first-order chi connectivity index (χ1) is 10.1. The fourth-order valence-electron chi connectivity index (χ4n) is 2.83. The van der Waals surface area contributed by atoms with E-state index < -0.39 is 4.92 Å². The van der Waals surface area contributed by atoms with Crippen LogP contribution in [0.15, 0.2) is 18.3 Å². The first-order valence-electron chi connectivity index (χ1n) is 7.41. The minimum absolute atomic E-state index is 0.112. The Kier molecular flexibility index (Phi) is 5.25. The molecule has 1 unspecified atom stereocenters. The van der Waals surface area contributed by atoms with E-state index in [0.29, 0.717) is 5.92 Å². The highest BCUT2D eigenvalue weighted by Crippen LogP contribution is 2.22. The maximum absolute atomic E-state index is 11.5. The van der Waals surface area contributed by atoms with Gasteiger partial charge >= 0.3 is 5.82 Å². The van der Waals surface area contributed by atoms with Crippen molar-refractivity contribution >= 4 is 11.7 Å². The average molecular weight is 291 g/mol. The molecular formula is C15H21N3O3. The summed E-state index contributed by atoms with van der Waals surface area (Å²) in [6.07, 6.45) is 6.76. The Morgan fingerprint density at radius 1 is 1.38 bits per heavy atom. The van der Waals surface area contributed by atoms with Gasteiger partial charge < -0.3 is 15.0 Å². The predicted octanol–water partition coefficient (Wildman–Crippen LogP) is 2.57. The summed E-state index contributed by atoms with van der Waals surface area (Å²) in [4.78, 5) is 27.4. The van der Waals surface area contributed by atoms with Crippen molar-refractivity contribution in [1.29, 1.82) is 0 Å². The second-order valence-electron chi connectivity index (χ2n) is 5.64. The first-order valence-corrected chi connectivity index (χ1v) is 7.41. The van der Waals surface area contributed by atoms with E-state index in [-0.39, 0.29) is 11.7 Å².